The Morgan fingerprint density at radius 3 is 0.782 bits per heavy atom. The lowest BCUT2D eigenvalue weighted by atomic mass is 10.0. The van der Waals surface area contributed by atoms with Gasteiger partial charge in [0.25, 0.3) is 0 Å². The van der Waals surface area contributed by atoms with E-state index in [9.17, 15) is 19.0 Å². The van der Waals surface area contributed by atoms with Crippen molar-refractivity contribution in [2.24, 2.45) is 5.73 Å². The Labute approximate surface area is 486 Å². The third-order valence-corrected chi connectivity index (χ3v) is 17.2. The van der Waals surface area contributed by atoms with E-state index in [4.69, 9.17) is 24.3 Å². The van der Waals surface area contributed by atoms with Gasteiger partial charge in [-0.05, 0) is 12.8 Å². The molecule has 0 aromatic carbocycles. The summed E-state index contributed by atoms with van der Waals surface area (Å²) in [5, 5.41) is 0. The maximum Gasteiger partial charge on any atom is 0.472 e. The Morgan fingerprint density at radius 2 is 0.551 bits per heavy atom. The highest BCUT2D eigenvalue weighted by Crippen LogP contribution is 2.43. The molecule has 3 N–H and O–H groups in total. The summed E-state index contributed by atoms with van der Waals surface area (Å²) < 4.78 is 33.2. The molecular formula is C68H136NO8P. The van der Waals surface area contributed by atoms with E-state index in [1.54, 1.807) is 0 Å². The van der Waals surface area contributed by atoms with Crippen LogP contribution in [-0.4, -0.2) is 49.3 Å². The first-order valence-corrected chi connectivity index (χ1v) is 36.5. The highest BCUT2D eigenvalue weighted by Gasteiger charge is 2.26. The molecule has 0 amide bonds. The van der Waals surface area contributed by atoms with Crippen LogP contribution in [0.5, 0.6) is 0 Å². The Hall–Kier alpha value is -0.990. The third kappa shape index (κ3) is 64.2. The first-order chi connectivity index (χ1) is 38.3. The molecule has 0 rings (SSSR count). The molecule has 0 aliphatic carbocycles. The van der Waals surface area contributed by atoms with Crippen molar-refractivity contribution < 1.29 is 37.6 Å². The lowest BCUT2D eigenvalue weighted by Gasteiger charge is -2.19. The average molecular weight is 1130 g/mol. The van der Waals surface area contributed by atoms with Gasteiger partial charge in [0.1, 0.15) is 6.61 Å². The van der Waals surface area contributed by atoms with Crippen LogP contribution in [-0.2, 0) is 32.7 Å². The molecular weight excluding hydrogens is 990 g/mol. The maximum atomic E-state index is 12.8. The first kappa shape index (κ1) is 77.0. The van der Waals surface area contributed by atoms with Crippen LogP contribution in [0.1, 0.15) is 393 Å². The number of hydrogen-bond acceptors (Lipinski definition) is 8. The highest BCUT2D eigenvalue weighted by atomic mass is 31.2. The number of nitrogens with two attached hydrogens (primary N) is 1. The van der Waals surface area contributed by atoms with E-state index in [0.717, 1.165) is 32.1 Å². The van der Waals surface area contributed by atoms with E-state index < -0.39 is 26.5 Å². The molecule has 2 unspecified atom stereocenters. The second-order valence-electron chi connectivity index (χ2n) is 24.1. The van der Waals surface area contributed by atoms with Crippen LogP contribution in [0.25, 0.3) is 0 Å². The SMILES string of the molecule is CCCCCCCCCCCCCCCCCCCCCCCCCCCCCCCCCC(=O)OC(COC(=O)CCCCCCCCCCCCCCCCCCCCCCCCCCCC)COP(=O)(O)OCCN. The highest BCUT2D eigenvalue weighted by molar-refractivity contribution is 7.47. The van der Waals surface area contributed by atoms with Crippen LogP contribution in [0.2, 0.25) is 0 Å². The maximum absolute atomic E-state index is 12.8. The van der Waals surface area contributed by atoms with Gasteiger partial charge in [-0.25, -0.2) is 4.57 Å². The van der Waals surface area contributed by atoms with E-state index in [0.29, 0.717) is 12.8 Å². The van der Waals surface area contributed by atoms with Crippen molar-refractivity contribution in [1.82, 2.24) is 0 Å². The molecule has 78 heavy (non-hydrogen) atoms. The summed E-state index contributed by atoms with van der Waals surface area (Å²) in [4.78, 5) is 35.3. The summed E-state index contributed by atoms with van der Waals surface area (Å²) in [5.41, 5.74) is 5.40. The van der Waals surface area contributed by atoms with E-state index in [1.807, 2.05) is 0 Å². The van der Waals surface area contributed by atoms with Crippen LogP contribution in [0, 0.1) is 0 Å². The Kier molecular flexibility index (Phi) is 64.3. The van der Waals surface area contributed by atoms with Crippen LogP contribution < -0.4 is 5.73 Å². The zero-order valence-electron chi connectivity index (χ0n) is 52.5. The van der Waals surface area contributed by atoms with Crippen molar-refractivity contribution in [3.63, 3.8) is 0 Å². The Balaban J connectivity index is 3.79. The second kappa shape index (κ2) is 65.2. The fourth-order valence-electron chi connectivity index (χ4n) is 11.1. The summed E-state index contributed by atoms with van der Waals surface area (Å²) in [7, 11) is -4.39. The largest absolute Gasteiger partial charge is 0.472 e. The van der Waals surface area contributed by atoms with E-state index in [2.05, 4.69) is 13.8 Å². The van der Waals surface area contributed by atoms with Gasteiger partial charge in [-0.15, -0.1) is 0 Å². The van der Waals surface area contributed by atoms with Gasteiger partial charge in [0.05, 0.1) is 13.2 Å². The summed E-state index contributed by atoms with van der Waals surface area (Å²) in [6.07, 6.45) is 76.4. The van der Waals surface area contributed by atoms with Gasteiger partial charge in [0.2, 0.25) is 0 Å². The van der Waals surface area contributed by atoms with E-state index in [1.165, 1.54) is 327 Å². The molecule has 0 saturated heterocycles. The average Bonchev–Trinajstić information content (AvgIpc) is 3.43. The van der Waals surface area contributed by atoms with Crippen LogP contribution >= 0.6 is 7.82 Å². The van der Waals surface area contributed by atoms with Gasteiger partial charge in [0, 0.05) is 19.4 Å². The second-order valence-corrected chi connectivity index (χ2v) is 25.6. The molecule has 0 saturated carbocycles. The van der Waals surface area contributed by atoms with Crippen molar-refractivity contribution in [1.29, 1.82) is 0 Å². The minimum absolute atomic E-state index is 0.0588. The van der Waals surface area contributed by atoms with Gasteiger partial charge in [0.15, 0.2) is 6.10 Å². The van der Waals surface area contributed by atoms with E-state index in [-0.39, 0.29) is 32.1 Å². The van der Waals surface area contributed by atoms with Gasteiger partial charge < -0.3 is 20.1 Å². The van der Waals surface area contributed by atoms with Crippen molar-refractivity contribution in [2.45, 2.75) is 399 Å². The minimum atomic E-state index is -4.39. The van der Waals surface area contributed by atoms with E-state index >= 15 is 0 Å². The fourth-order valence-corrected chi connectivity index (χ4v) is 11.8. The molecule has 0 aliphatic rings. The number of carbonyl (C=O) groups is 2. The molecule has 0 heterocycles. The summed E-state index contributed by atoms with van der Waals surface area (Å²) in [5.74, 6) is -0.797. The van der Waals surface area contributed by atoms with Crippen LogP contribution in [0.15, 0.2) is 0 Å². The monoisotopic (exact) mass is 1130 g/mol. The number of unbranched alkanes of at least 4 members (excludes halogenated alkanes) is 55. The quantitative estimate of drug-likeness (QED) is 0.0347. The number of carbonyl (C=O) groups excluding carboxylic acids is 2. The molecule has 0 bridgehead atoms. The molecule has 2 atom stereocenters. The third-order valence-electron chi connectivity index (χ3n) is 16.2. The van der Waals surface area contributed by atoms with Gasteiger partial charge in [-0.3, -0.25) is 18.6 Å². The van der Waals surface area contributed by atoms with Gasteiger partial charge in [-0.2, -0.15) is 0 Å². The Morgan fingerprint density at radius 1 is 0.333 bits per heavy atom. The normalized spacial score (nSPS) is 12.8. The molecule has 0 aromatic rings. The molecule has 0 fully saturated rings. The minimum Gasteiger partial charge on any atom is -0.462 e. The number of ether oxygens (including phenoxy) is 2. The lowest BCUT2D eigenvalue weighted by Crippen LogP contribution is -2.29. The fraction of sp³-hybridized carbons (Fsp3) is 0.971. The summed E-state index contributed by atoms with van der Waals surface area (Å²) >= 11 is 0. The molecule has 9 nitrogen and oxygen atoms in total. The van der Waals surface area contributed by atoms with Crippen molar-refractivity contribution >= 4 is 19.8 Å². The molecule has 0 aliphatic heterocycles. The number of esters is 2. The topological polar surface area (TPSA) is 134 Å². The zero-order chi connectivity index (χ0) is 56.6. The lowest BCUT2D eigenvalue weighted by molar-refractivity contribution is -0.161. The van der Waals surface area contributed by atoms with Crippen molar-refractivity contribution in [3.05, 3.63) is 0 Å². The number of phosphoric acid groups is 1. The predicted octanol–water partition coefficient (Wildman–Crippen LogP) is 22.6. The number of hydrogen-bond donors (Lipinski definition) is 2. The van der Waals surface area contributed by atoms with Gasteiger partial charge >= 0.3 is 19.8 Å². The number of rotatable bonds is 68. The van der Waals surface area contributed by atoms with Crippen LogP contribution in [0.4, 0.5) is 0 Å². The van der Waals surface area contributed by atoms with Crippen LogP contribution in [0.3, 0.4) is 0 Å². The number of phosphoric ester groups is 1. The zero-order valence-corrected chi connectivity index (χ0v) is 53.3. The molecule has 466 valence electrons. The molecule has 0 radical (unpaired) electrons. The molecule has 10 heteroatoms. The van der Waals surface area contributed by atoms with Gasteiger partial charge in [-0.1, -0.05) is 367 Å². The molecule has 0 aromatic heterocycles. The summed E-state index contributed by atoms with van der Waals surface area (Å²) in [6.45, 7) is 3.85. The predicted molar refractivity (Wildman–Crippen MR) is 335 cm³/mol. The summed E-state index contributed by atoms with van der Waals surface area (Å²) in [6, 6.07) is 0. The Bertz CT molecular complexity index is 1240. The van der Waals surface area contributed by atoms with Crippen molar-refractivity contribution in [2.75, 3.05) is 26.4 Å². The standard InChI is InChI=1S/C68H136NO8P/c1-3-5-7-9-11-13-15-17-19-21-23-25-27-29-31-32-33-34-35-37-39-41-43-45-47-49-51-53-55-57-59-61-68(71)77-66(65-76-78(72,73)75-63-62-69)64-74-67(70)60-58-56-54-52-50-48-46-44-42-40-38-36-30-28-26-24-22-20-18-16-14-12-10-8-6-4-2/h66H,3-65,69H2,1-2H3,(H,72,73). The van der Waals surface area contributed by atoms with Crippen molar-refractivity contribution in [3.8, 4) is 0 Å². The molecule has 0 spiro atoms. The smallest absolute Gasteiger partial charge is 0.462 e. The first-order valence-electron chi connectivity index (χ1n) is 35.0.